The molecular formula is C11H11BrFN. The first-order valence-corrected chi connectivity index (χ1v) is 5.32. The van der Waals surface area contributed by atoms with E-state index in [9.17, 15) is 4.39 Å². The second-order valence-electron chi connectivity index (χ2n) is 3.08. The van der Waals surface area contributed by atoms with E-state index in [-0.39, 0.29) is 12.2 Å². The van der Waals surface area contributed by atoms with Gasteiger partial charge >= 0.3 is 0 Å². The van der Waals surface area contributed by atoms with Gasteiger partial charge in [0.05, 0.1) is 12.5 Å². The lowest BCUT2D eigenvalue weighted by molar-refractivity contribution is 0.594. The lowest BCUT2D eigenvalue weighted by Crippen LogP contribution is -1.97. The Balaban J connectivity index is 3.13. The first-order valence-electron chi connectivity index (χ1n) is 4.53. The number of hydrogen-bond acceptors (Lipinski definition) is 1. The van der Waals surface area contributed by atoms with E-state index in [1.165, 1.54) is 0 Å². The molecule has 0 saturated heterocycles. The maximum absolute atomic E-state index is 13.7. The van der Waals surface area contributed by atoms with Crippen LogP contribution in [0.2, 0.25) is 0 Å². The molecular weight excluding hydrogens is 245 g/mol. The van der Waals surface area contributed by atoms with Gasteiger partial charge in [0.25, 0.3) is 0 Å². The van der Waals surface area contributed by atoms with Crippen LogP contribution < -0.4 is 0 Å². The van der Waals surface area contributed by atoms with E-state index in [0.29, 0.717) is 17.5 Å². The number of halogens is 2. The highest BCUT2D eigenvalue weighted by molar-refractivity contribution is 9.10. The molecule has 0 aliphatic heterocycles. The van der Waals surface area contributed by atoms with Crippen LogP contribution in [0.5, 0.6) is 0 Å². The van der Waals surface area contributed by atoms with Crippen LogP contribution in [0.25, 0.3) is 0 Å². The van der Waals surface area contributed by atoms with Crippen LogP contribution in [0.15, 0.2) is 16.6 Å². The Morgan fingerprint density at radius 3 is 2.79 bits per heavy atom. The van der Waals surface area contributed by atoms with Gasteiger partial charge < -0.3 is 0 Å². The van der Waals surface area contributed by atoms with Crippen LogP contribution in [-0.4, -0.2) is 0 Å². The van der Waals surface area contributed by atoms with E-state index in [4.69, 9.17) is 5.26 Å². The Labute approximate surface area is 91.7 Å². The Hall–Kier alpha value is -0.880. The minimum atomic E-state index is -0.234. The average molecular weight is 256 g/mol. The van der Waals surface area contributed by atoms with Gasteiger partial charge in [-0.3, -0.25) is 0 Å². The molecule has 1 nitrogen and oxygen atoms in total. The second-order valence-corrected chi connectivity index (χ2v) is 3.94. The fourth-order valence-corrected chi connectivity index (χ4v) is 1.85. The summed E-state index contributed by atoms with van der Waals surface area (Å²) in [6, 6.07) is 5.42. The fraction of sp³-hybridized carbons (Fsp3) is 0.364. The molecule has 0 aliphatic carbocycles. The molecule has 0 spiro atoms. The molecule has 1 rings (SSSR count). The van der Waals surface area contributed by atoms with Crippen LogP contribution in [0.4, 0.5) is 4.39 Å². The van der Waals surface area contributed by atoms with Crippen LogP contribution in [0.3, 0.4) is 0 Å². The van der Waals surface area contributed by atoms with Crippen molar-refractivity contribution in [1.29, 1.82) is 5.26 Å². The van der Waals surface area contributed by atoms with Crippen molar-refractivity contribution in [3.05, 3.63) is 33.5 Å². The third kappa shape index (κ3) is 2.33. The van der Waals surface area contributed by atoms with E-state index >= 15 is 0 Å². The van der Waals surface area contributed by atoms with Crippen molar-refractivity contribution >= 4 is 15.9 Å². The Morgan fingerprint density at radius 2 is 2.21 bits per heavy atom. The Kier molecular flexibility index (Phi) is 4.09. The number of benzene rings is 1. The zero-order valence-corrected chi connectivity index (χ0v) is 9.57. The third-order valence-corrected chi connectivity index (χ3v) is 2.78. The highest BCUT2D eigenvalue weighted by Gasteiger charge is 2.10. The summed E-state index contributed by atoms with van der Waals surface area (Å²) >= 11 is 3.31. The topological polar surface area (TPSA) is 23.8 Å². The summed E-state index contributed by atoms with van der Waals surface area (Å²) in [6.45, 7) is 2.00. The van der Waals surface area contributed by atoms with Crippen LogP contribution in [-0.2, 0) is 12.8 Å². The standard InChI is InChI=1S/C11H11BrFN/c1-2-3-9-10(12)5-4-8(6-7-14)11(9)13/h4-5H,2-3,6H2,1H3. The molecule has 0 atom stereocenters. The van der Waals surface area contributed by atoms with Gasteiger partial charge in [-0.1, -0.05) is 35.3 Å². The van der Waals surface area contributed by atoms with Crippen molar-refractivity contribution in [3.63, 3.8) is 0 Å². The predicted molar refractivity (Wildman–Crippen MR) is 57.4 cm³/mol. The SMILES string of the molecule is CCCc1c(Br)ccc(CC#N)c1F. The number of nitrogens with zero attached hydrogens (tertiary/aromatic N) is 1. The largest absolute Gasteiger partial charge is 0.206 e. The summed E-state index contributed by atoms with van der Waals surface area (Å²) in [7, 11) is 0. The van der Waals surface area contributed by atoms with Gasteiger partial charge in [0.1, 0.15) is 5.82 Å². The lowest BCUT2D eigenvalue weighted by atomic mass is 10.0. The molecule has 0 fully saturated rings. The minimum absolute atomic E-state index is 0.135. The molecule has 0 saturated carbocycles. The first kappa shape index (κ1) is 11.2. The van der Waals surface area contributed by atoms with Gasteiger partial charge in [0.15, 0.2) is 0 Å². The molecule has 74 valence electrons. The molecule has 0 bridgehead atoms. The van der Waals surface area contributed by atoms with E-state index in [0.717, 1.165) is 10.9 Å². The molecule has 3 heteroatoms. The van der Waals surface area contributed by atoms with Gasteiger partial charge in [0.2, 0.25) is 0 Å². The maximum Gasteiger partial charge on any atom is 0.131 e. The van der Waals surface area contributed by atoms with E-state index in [2.05, 4.69) is 15.9 Å². The van der Waals surface area contributed by atoms with Crippen LogP contribution in [0.1, 0.15) is 24.5 Å². The first-order chi connectivity index (χ1) is 6.70. The van der Waals surface area contributed by atoms with Gasteiger partial charge in [-0.25, -0.2) is 4.39 Å². The van der Waals surface area contributed by atoms with Crippen molar-refractivity contribution in [3.8, 4) is 6.07 Å². The fourth-order valence-electron chi connectivity index (χ4n) is 1.35. The molecule has 0 amide bonds. The highest BCUT2D eigenvalue weighted by atomic mass is 79.9. The van der Waals surface area contributed by atoms with Gasteiger partial charge in [-0.05, 0) is 12.5 Å². The summed E-state index contributed by atoms with van der Waals surface area (Å²) in [5, 5.41) is 8.51. The van der Waals surface area contributed by atoms with Crippen LogP contribution >= 0.6 is 15.9 Å². The van der Waals surface area contributed by atoms with Crippen molar-refractivity contribution in [2.24, 2.45) is 0 Å². The van der Waals surface area contributed by atoms with Crippen molar-refractivity contribution in [1.82, 2.24) is 0 Å². The van der Waals surface area contributed by atoms with Crippen molar-refractivity contribution < 1.29 is 4.39 Å². The number of hydrogen-bond donors (Lipinski definition) is 0. The monoisotopic (exact) mass is 255 g/mol. The summed E-state index contributed by atoms with van der Waals surface area (Å²) in [4.78, 5) is 0. The van der Waals surface area contributed by atoms with Crippen LogP contribution in [0, 0.1) is 17.1 Å². The molecule has 0 aliphatic rings. The average Bonchev–Trinajstić information content (AvgIpc) is 2.17. The molecule has 0 heterocycles. The smallest absolute Gasteiger partial charge is 0.131 e. The molecule has 0 N–H and O–H groups in total. The third-order valence-electron chi connectivity index (χ3n) is 2.04. The zero-order valence-electron chi connectivity index (χ0n) is 7.98. The van der Waals surface area contributed by atoms with Gasteiger partial charge in [0, 0.05) is 15.6 Å². The number of nitriles is 1. The highest BCUT2D eigenvalue weighted by Crippen LogP contribution is 2.24. The molecule has 14 heavy (non-hydrogen) atoms. The van der Waals surface area contributed by atoms with Crippen molar-refractivity contribution in [2.45, 2.75) is 26.2 Å². The molecule has 0 aromatic heterocycles. The minimum Gasteiger partial charge on any atom is -0.206 e. The molecule has 1 aromatic carbocycles. The Morgan fingerprint density at radius 1 is 1.50 bits per heavy atom. The normalized spacial score (nSPS) is 9.86. The molecule has 0 radical (unpaired) electrons. The molecule has 0 unspecified atom stereocenters. The summed E-state index contributed by atoms with van der Waals surface area (Å²) in [5.41, 5.74) is 1.17. The summed E-state index contributed by atoms with van der Waals surface area (Å²) in [5.74, 6) is -0.234. The quantitative estimate of drug-likeness (QED) is 0.810. The van der Waals surface area contributed by atoms with Gasteiger partial charge in [-0.15, -0.1) is 0 Å². The van der Waals surface area contributed by atoms with Gasteiger partial charge in [-0.2, -0.15) is 5.26 Å². The van der Waals surface area contributed by atoms with E-state index in [1.807, 2.05) is 13.0 Å². The maximum atomic E-state index is 13.7. The molecule has 1 aromatic rings. The predicted octanol–water partition coefficient (Wildman–Crippen LogP) is 3.61. The lowest BCUT2D eigenvalue weighted by Gasteiger charge is -2.07. The van der Waals surface area contributed by atoms with E-state index < -0.39 is 0 Å². The zero-order chi connectivity index (χ0) is 10.6. The van der Waals surface area contributed by atoms with E-state index in [1.54, 1.807) is 12.1 Å². The van der Waals surface area contributed by atoms with Crippen molar-refractivity contribution in [2.75, 3.05) is 0 Å². The summed E-state index contributed by atoms with van der Waals surface area (Å²) in [6.07, 6.45) is 1.73. The second kappa shape index (κ2) is 5.11. The summed E-state index contributed by atoms with van der Waals surface area (Å²) < 4.78 is 14.5. The Bertz CT molecular complexity index is 368. The number of rotatable bonds is 3.